The van der Waals surface area contributed by atoms with Crippen LogP contribution in [-0.4, -0.2) is 46.0 Å². The molecule has 0 saturated heterocycles. The average Bonchev–Trinajstić information content (AvgIpc) is 2.97. The first-order valence-electron chi connectivity index (χ1n) is 6.86. The van der Waals surface area contributed by atoms with Crippen molar-refractivity contribution in [3.8, 4) is 0 Å². The molecule has 0 saturated carbocycles. The molecular weight excluding hydrogens is 318 g/mol. The summed E-state index contributed by atoms with van der Waals surface area (Å²) in [4.78, 5) is 22.4. The number of rotatable bonds is 3. The lowest BCUT2D eigenvalue weighted by Gasteiger charge is -2.19. The van der Waals surface area contributed by atoms with Crippen molar-refractivity contribution in [2.45, 2.75) is 24.6 Å². The Kier molecular flexibility index (Phi) is 3.65. The summed E-state index contributed by atoms with van der Waals surface area (Å²) in [5, 5.41) is 10.8. The molecule has 2 aromatic rings. The highest BCUT2D eigenvalue weighted by Crippen LogP contribution is 2.41. The third kappa shape index (κ3) is 2.59. The van der Waals surface area contributed by atoms with Crippen molar-refractivity contribution >= 4 is 50.0 Å². The van der Waals surface area contributed by atoms with Gasteiger partial charge >= 0.3 is 5.97 Å². The largest absolute Gasteiger partial charge is 0.480 e. The summed E-state index contributed by atoms with van der Waals surface area (Å²) >= 11 is 3.05. The number of nitrogens with zero attached hydrogens (tertiary/aromatic N) is 3. The standard InChI is InChI=1S/C15H17N3O2S2/c1-15(2)11(14(19)20)17-13(22-15)12-16-9-6-5-8(18(3)4)7-10(9)21-12/h5-7,11H,1-4H3,(H,19,20)/t11-/m0/s1. The first-order valence-corrected chi connectivity index (χ1v) is 8.49. The fourth-order valence-electron chi connectivity index (χ4n) is 2.34. The third-order valence-corrected chi connectivity index (χ3v) is 5.97. The van der Waals surface area contributed by atoms with Gasteiger partial charge in [0.1, 0.15) is 10.1 Å². The number of thioether (sulfide) groups is 1. The van der Waals surface area contributed by atoms with Crippen LogP contribution in [0.5, 0.6) is 0 Å². The lowest BCUT2D eigenvalue weighted by atomic mass is 10.0. The minimum absolute atomic E-state index is 0.451. The number of aromatic nitrogens is 1. The molecule has 0 spiro atoms. The van der Waals surface area contributed by atoms with Crippen molar-refractivity contribution < 1.29 is 9.90 Å². The van der Waals surface area contributed by atoms with Gasteiger partial charge in [-0.15, -0.1) is 11.3 Å². The smallest absolute Gasteiger partial charge is 0.329 e. The second-order valence-corrected chi connectivity index (χ2v) is 8.62. The summed E-state index contributed by atoms with van der Waals surface area (Å²) in [5.74, 6) is -0.886. The van der Waals surface area contributed by atoms with Crippen LogP contribution in [0, 0.1) is 0 Å². The molecule has 116 valence electrons. The Morgan fingerprint density at radius 2 is 2.09 bits per heavy atom. The molecule has 22 heavy (non-hydrogen) atoms. The van der Waals surface area contributed by atoms with Gasteiger partial charge in [-0.05, 0) is 32.0 Å². The van der Waals surface area contributed by atoms with E-state index < -0.39 is 16.8 Å². The SMILES string of the molecule is CN(C)c1ccc2nc(C3=N[C@@H](C(=O)O)C(C)(C)S3)sc2c1. The first kappa shape index (κ1) is 15.3. The predicted molar refractivity (Wildman–Crippen MR) is 93.6 cm³/mol. The Bertz CT molecular complexity index is 780. The number of hydrogen-bond acceptors (Lipinski definition) is 6. The van der Waals surface area contributed by atoms with Crippen LogP contribution in [0.1, 0.15) is 18.9 Å². The van der Waals surface area contributed by atoms with Crippen molar-refractivity contribution in [1.82, 2.24) is 4.98 Å². The molecule has 0 fully saturated rings. The number of hydrogen-bond donors (Lipinski definition) is 1. The summed E-state index contributed by atoms with van der Waals surface area (Å²) in [7, 11) is 4.00. The number of anilines is 1. The Balaban J connectivity index is 2.01. The highest BCUT2D eigenvalue weighted by atomic mass is 32.2. The summed E-state index contributed by atoms with van der Waals surface area (Å²) in [6.45, 7) is 3.81. The second-order valence-electron chi connectivity index (χ2n) is 5.95. The van der Waals surface area contributed by atoms with Crippen molar-refractivity contribution in [2.24, 2.45) is 4.99 Å². The van der Waals surface area contributed by atoms with E-state index >= 15 is 0 Å². The molecule has 0 unspecified atom stereocenters. The maximum absolute atomic E-state index is 11.3. The Morgan fingerprint density at radius 3 is 2.68 bits per heavy atom. The normalized spacial score (nSPS) is 20.2. The second kappa shape index (κ2) is 5.24. The maximum Gasteiger partial charge on any atom is 0.329 e. The van der Waals surface area contributed by atoms with E-state index in [0.717, 1.165) is 26.0 Å². The molecule has 2 heterocycles. The lowest BCUT2D eigenvalue weighted by molar-refractivity contribution is -0.138. The predicted octanol–water partition coefficient (Wildman–Crippen LogP) is 3.09. The van der Waals surface area contributed by atoms with E-state index in [2.05, 4.69) is 16.0 Å². The van der Waals surface area contributed by atoms with Gasteiger partial charge in [0.05, 0.1) is 10.2 Å². The van der Waals surface area contributed by atoms with E-state index in [1.807, 2.05) is 45.0 Å². The molecule has 1 N–H and O–H groups in total. The molecule has 0 amide bonds. The average molecular weight is 335 g/mol. The van der Waals surface area contributed by atoms with Crippen LogP contribution in [0.3, 0.4) is 0 Å². The van der Waals surface area contributed by atoms with E-state index in [-0.39, 0.29) is 0 Å². The Hall–Kier alpha value is -1.60. The van der Waals surface area contributed by atoms with Crippen LogP contribution in [0.2, 0.25) is 0 Å². The molecule has 1 atom stereocenters. The Morgan fingerprint density at radius 1 is 1.36 bits per heavy atom. The molecule has 0 bridgehead atoms. The minimum Gasteiger partial charge on any atom is -0.480 e. The van der Waals surface area contributed by atoms with Gasteiger partial charge in [-0.2, -0.15) is 0 Å². The Labute approximate surface area is 137 Å². The van der Waals surface area contributed by atoms with Crippen LogP contribution >= 0.6 is 23.1 Å². The molecule has 1 aliphatic rings. The quantitative estimate of drug-likeness (QED) is 0.934. The van der Waals surface area contributed by atoms with Gasteiger partial charge in [0, 0.05) is 24.5 Å². The van der Waals surface area contributed by atoms with Crippen molar-refractivity contribution in [1.29, 1.82) is 0 Å². The molecule has 0 aliphatic carbocycles. The number of thiazole rings is 1. The number of aliphatic carboxylic acids is 1. The molecule has 3 rings (SSSR count). The van der Waals surface area contributed by atoms with Gasteiger partial charge in [-0.3, -0.25) is 4.99 Å². The number of carboxylic acids is 1. The fourth-order valence-corrected chi connectivity index (χ4v) is 4.53. The van der Waals surface area contributed by atoms with Crippen molar-refractivity contribution in [2.75, 3.05) is 19.0 Å². The number of carboxylic acid groups (broad SMARTS) is 1. The van der Waals surface area contributed by atoms with Crippen molar-refractivity contribution in [3.63, 3.8) is 0 Å². The van der Waals surface area contributed by atoms with E-state index in [1.165, 1.54) is 11.8 Å². The van der Waals surface area contributed by atoms with Crippen LogP contribution < -0.4 is 4.90 Å². The molecule has 1 aliphatic heterocycles. The van der Waals surface area contributed by atoms with Gasteiger partial charge in [-0.1, -0.05) is 11.8 Å². The minimum atomic E-state index is -0.886. The number of benzene rings is 1. The maximum atomic E-state index is 11.3. The molecule has 5 nitrogen and oxygen atoms in total. The topological polar surface area (TPSA) is 65.8 Å². The van der Waals surface area contributed by atoms with E-state index in [1.54, 1.807) is 11.3 Å². The molecule has 7 heteroatoms. The molecule has 1 aromatic heterocycles. The van der Waals surface area contributed by atoms with Gasteiger partial charge in [0.2, 0.25) is 0 Å². The zero-order valence-corrected chi connectivity index (χ0v) is 14.5. The first-order chi connectivity index (χ1) is 10.3. The van der Waals surface area contributed by atoms with Crippen LogP contribution in [0.4, 0.5) is 5.69 Å². The van der Waals surface area contributed by atoms with Crippen LogP contribution in [0.25, 0.3) is 10.2 Å². The number of aliphatic imine (C=N–C) groups is 1. The van der Waals surface area contributed by atoms with Crippen LogP contribution in [0.15, 0.2) is 23.2 Å². The zero-order valence-electron chi connectivity index (χ0n) is 12.8. The highest BCUT2D eigenvalue weighted by Gasteiger charge is 2.43. The monoisotopic (exact) mass is 335 g/mol. The summed E-state index contributed by atoms with van der Waals surface area (Å²) < 4.78 is 0.634. The third-order valence-electron chi connectivity index (χ3n) is 3.57. The van der Waals surface area contributed by atoms with E-state index in [0.29, 0.717) is 0 Å². The van der Waals surface area contributed by atoms with Crippen molar-refractivity contribution in [3.05, 3.63) is 23.2 Å². The fraction of sp³-hybridized carbons (Fsp3) is 0.400. The van der Waals surface area contributed by atoms with E-state index in [9.17, 15) is 9.90 Å². The summed E-state index contributed by atoms with van der Waals surface area (Å²) in [6.07, 6.45) is 0. The zero-order chi connectivity index (χ0) is 16.1. The van der Waals surface area contributed by atoms with Gasteiger partial charge < -0.3 is 10.0 Å². The molecule has 1 aromatic carbocycles. The highest BCUT2D eigenvalue weighted by molar-refractivity contribution is 8.16. The molecular formula is C15H17N3O2S2. The van der Waals surface area contributed by atoms with Crippen LogP contribution in [-0.2, 0) is 4.79 Å². The number of carbonyl (C=O) groups is 1. The molecule has 0 radical (unpaired) electrons. The summed E-state index contributed by atoms with van der Waals surface area (Å²) in [6, 6.07) is 5.39. The number of fused-ring (bicyclic) bond motifs is 1. The van der Waals surface area contributed by atoms with E-state index in [4.69, 9.17) is 0 Å². The van der Waals surface area contributed by atoms with Gasteiger partial charge in [0.25, 0.3) is 0 Å². The lowest BCUT2D eigenvalue weighted by Crippen LogP contribution is -2.34. The van der Waals surface area contributed by atoms with Gasteiger partial charge in [-0.25, -0.2) is 9.78 Å². The summed E-state index contributed by atoms with van der Waals surface area (Å²) in [5.41, 5.74) is 2.04. The van der Waals surface area contributed by atoms with Gasteiger partial charge in [0.15, 0.2) is 6.04 Å².